The number of piperidine rings is 1. The molecule has 1 amide bonds. The summed E-state index contributed by atoms with van der Waals surface area (Å²) < 4.78 is 5.42. The fourth-order valence-electron chi connectivity index (χ4n) is 2.08. The Labute approximate surface area is 105 Å². The maximum atomic E-state index is 12.0. The van der Waals surface area contributed by atoms with Gasteiger partial charge in [-0.15, -0.1) is 0 Å². The quantitative estimate of drug-likeness (QED) is 0.789. The summed E-state index contributed by atoms with van der Waals surface area (Å²) in [6, 6.07) is 0.404. The Hall–Kier alpha value is -0.610. The highest BCUT2D eigenvalue weighted by molar-refractivity contribution is 5.78. The summed E-state index contributed by atoms with van der Waals surface area (Å²) in [5.74, 6) is 0.742. The molecule has 17 heavy (non-hydrogen) atoms. The Morgan fingerprint density at radius 3 is 2.88 bits per heavy atom. The summed E-state index contributed by atoms with van der Waals surface area (Å²) in [5.41, 5.74) is 0. The molecule has 3 atom stereocenters. The lowest BCUT2D eigenvalue weighted by Gasteiger charge is -2.36. The van der Waals surface area contributed by atoms with Crippen LogP contribution in [0.25, 0.3) is 0 Å². The molecule has 1 aliphatic heterocycles. The van der Waals surface area contributed by atoms with E-state index >= 15 is 0 Å². The van der Waals surface area contributed by atoms with E-state index in [-0.39, 0.29) is 12.0 Å². The highest BCUT2D eigenvalue weighted by Crippen LogP contribution is 2.19. The van der Waals surface area contributed by atoms with Gasteiger partial charge in [0.05, 0.1) is 12.6 Å². The number of nitrogens with one attached hydrogen (secondary N) is 1. The number of carbonyl (C=O) groups is 1. The molecule has 4 nitrogen and oxygen atoms in total. The topological polar surface area (TPSA) is 41.6 Å². The van der Waals surface area contributed by atoms with Crippen LogP contribution in [0.3, 0.4) is 0 Å². The zero-order valence-electron chi connectivity index (χ0n) is 11.5. The fourth-order valence-corrected chi connectivity index (χ4v) is 2.08. The van der Waals surface area contributed by atoms with Crippen molar-refractivity contribution in [1.29, 1.82) is 0 Å². The van der Waals surface area contributed by atoms with E-state index < -0.39 is 0 Å². The van der Waals surface area contributed by atoms with Crippen molar-refractivity contribution in [2.75, 3.05) is 26.7 Å². The third-order valence-electron chi connectivity index (χ3n) is 3.76. The van der Waals surface area contributed by atoms with E-state index in [0.717, 1.165) is 25.9 Å². The Kier molecular flexibility index (Phi) is 5.92. The van der Waals surface area contributed by atoms with Crippen molar-refractivity contribution in [2.45, 2.75) is 45.8 Å². The molecule has 1 saturated heterocycles. The number of nitrogens with zero attached hydrogens (tertiary/aromatic N) is 1. The molecule has 0 bridgehead atoms. The molecule has 1 aliphatic rings. The zero-order valence-corrected chi connectivity index (χ0v) is 11.5. The lowest BCUT2D eigenvalue weighted by Crippen LogP contribution is -2.49. The SMILES string of the molecule is CCC(C)NCC(=O)N1CCC(C)C(OC)C1. The second kappa shape index (κ2) is 6.97. The van der Waals surface area contributed by atoms with Crippen molar-refractivity contribution in [3.63, 3.8) is 0 Å². The maximum Gasteiger partial charge on any atom is 0.236 e. The minimum Gasteiger partial charge on any atom is -0.379 e. The molecule has 1 fully saturated rings. The number of methoxy groups -OCH3 is 1. The number of ether oxygens (including phenoxy) is 1. The molecule has 1 heterocycles. The van der Waals surface area contributed by atoms with E-state index in [1.165, 1.54) is 0 Å². The first kappa shape index (κ1) is 14.5. The van der Waals surface area contributed by atoms with Crippen LogP contribution < -0.4 is 5.32 Å². The number of amides is 1. The molecule has 0 saturated carbocycles. The fraction of sp³-hybridized carbons (Fsp3) is 0.923. The third kappa shape index (κ3) is 4.28. The van der Waals surface area contributed by atoms with Crippen molar-refractivity contribution >= 4 is 5.91 Å². The van der Waals surface area contributed by atoms with Gasteiger partial charge in [0.15, 0.2) is 0 Å². The summed E-state index contributed by atoms with van der Waals surface area (Å²) in [7, 11) is 1.73. The van der Waals surface area contributed by atoms with Gasteiger partial charge >= 0.3 is 0 Å². The number of hydrogen-bond donors (Lipinski definition) is 1. The standard InChI is InChI=1S/C13H26N2O2/c1-5-11(3)14-8-13(16)15-7-6-10(2)12(9-15)17-4/h10-12,14H,5-9H2,1-4H3. The average molecular weight is 242 g/mol. The molecule has 3 unspecified atom stereocenters. The number of hydrogen-bond acceptors (Lipinski definition) is 3. The van der Waals surface area contributed by atoms with Crippen molar-refractivity contribution < 1.29 is 9.53 Å². The van der Waals surface area contributed by atoms with Gasteiger partial charge in [-0.1, -0.05) is 13.8 Å². The first-order valence-electron chi connectivity index (χ1n) is 6.62. The molecular formula is C13H26N2O2. The van der Waals surface area contributed by atoms with Crippen molar-refractivity contribution in [3.8, 4) is 0 Å². The summed E-state index contributed by atoms with van der Waals surface area (Å²) in [5, 5.41) is 3.24. The lowest BCUT2D eigenvalue weighted by molar-refractivity contribution is -0.135. The molecule has 0 radical (unpaired) electrons. The predicted molar refractivity (Wildman–Crippen MR) is 68.9 cm³/mol. The van der Waals surface area contributed by atoms with Crippen LogP contribution >= 0.6 is 0 Å². The van der Waals surface area contributed by atoms with Crippen LogP contribution in [0.2, 0.25) is 0 Å². The van der Waals surface area contributed by atoms with Crippen LogP contribution in [0.15, 0.2) is 0 Å². The van der Waals surface area contributed by atoms with Gasteiger partial charge in [0.2, 0.25) is 5.91 Å². The smallest absolute Gasteiger partial charge is 0.236 e. The second-order valence-corrected chi connectivity index (χ2v) is 5.07. The van der Waals surface area contributed by atoms with Crippen LogP contribution in [-0.2, 0) is 9.53 Å². The Morgan fingerprint density at radius 1 is 1.59 bits per heavy atom. The van der Waals surface area contributed by atoms with Crippen LogP contribution in [0, 0.1) is 5.92 Å². The van der Waals surface area contributed by atoms with Crippen LogP contribution in [0.5, 0.6) is 0 Å². The number of likely N-dealkylation sites (tertiary alicyclic amines) is 1. The van der Waals surface area contributed by atoms with Gasteiger partial charge < -0.3 is 15.0 Å². The van der Waals surface area contributed by atoms with Crippen molar-refractivity contribution in [1.82, 2.24) is 10.2 Å². The third-order valence-corrected chi connectivity index (χ3v) is 3.76. The molecule has 0 aromatic carbocycles. The van der Waals surface area contributed by atoms with Crippen molar-refractivity contribution in [3.05, 3.63) is 0 Å². The van der Waals surface area contributed by atoms with Crippen molar-refractivity contribution in [2.24, 2.45) is 5.92 Å². The predicted octanol–water partition coefficient (Wildman–Crippen LogP) is 1.26. The Balaban J connectivity index is 2.37. The molecule has 0 aromatic rings. The molecular weight excluding hydrogens is 216 g/mol. The second-order valence-electron chi connectivity index (χ2n) is 5.07. The summed E-state index contributed by atoms with van der Waals surface area (Å²) in [6.07, 6.45) is 2.27. The molecule has 0 aliphatic carbocycles. The highest BCUT2D eigenvalue weighted by Gasteiger charge is 2.28. The van der Waals surface area contributed by atoms with Gasteiger partial charge in [0.1, 0.15) is 0 Å². The molecule has 1 N–H and O–H groups in total. The minimum absolute atomic E-state index is 0.191. The molecule has 0 spiro atoms. The average Bonchev–Trinajstić information content (AvgIpc) is 2.35. The van der Waals surface area contributed by atoms with E-state index in [1.807, 2.05) is 4.90 Å². The first-order valence-corrected chi connectivity index (χ1v) is 6.62. The van der Waals surface area contributed by atoms with Gasteiger partial charge in [0.25, 0.3) is 0 Å². The summed E-state index contributed by atoms with van der Waals surface area (Å²) >= 11 is 0. The first-order chi connectivity index (χ1) is 8.08. The van der Waals surface area contributed by atoms with Crippen LogP contribution in [0.4, 0.5) is 0 Å². The highest BCUT2D eigenvalue weighted by atomic mass is 16.5. The van der Waals surface area contributed by atoms with Gasteiger partial charge in [-0.25, -0.2) is 0 Å². The van der Waals surface area contributed by atoms with Gasteiger partial charge in [0, 0.05) is 26.2 Å². The van der Waals surface area contributed by atoms with Gasteiger partial charge in [-0.05, 0) is 25.7 Å². The van der Waals surface area contributed by atoms with E-state index in [2.05, 4.69) is 26.1 Å². The summed E-state index contributed by atoms with van der Waals surface area (Å²) in [6.45, 7) is 8.45. The van der Waals surface area contributed by atoms with Gasteiger partial charge in [-0.3, -0.25) is 4.79 Å². The molecule has 4 heteroatoms. The van der Waals surface area contributed by atoms with E-state index in [1.54, 1.807) is 7.11 Å². The van der Waals surface area contributed by atoms with E-state index in [0.29, 0.717) is 18.5 Å². The monoisotopic (exact) mass is 242 g/mol. The number of carbonyl (C=O) groups excluding carboxylic acids is 1. The van der Waals surface area contributed by atoms with Crippen LogP contribution in [-0.4, -0.2) is 49.7 Å². The van der Waals surface area contributed by atoms with Gasteiger partial charge in [-0.2, -0.15) is 0 Å². The van der Waals surface area contributed by atoms with E-state index in [4.69, 9.17) is 4.74 Å². The molecule has 100 valence electrons. The zero-order chi connectivity index (χ0) is 12.8. The largest absolute Gasteiger partial charge is 0.379 e. The maximum absolute atomic E-state index is 12.0. The van der Waals surface area contributed by atoms with Crippen LogP contribution in [0.1, 0.15) is 33.6 Å². The Bertz CT molecular complexity index is 246. The minimum atomic E-state index is 0.191. The molecule has 0 aromatic heterocycles. The normalized spacial score (nSPS) is 26.9. The Morgan fingerprint density at radius 2 is 2.29 bits per heavy atom. The number of rotatable bonds is 5. The molecule has 1 rings (SSSR count). The lowest BCUT2D eigenvalue weighted by atomic mass is 9.96. The summed E-state index contributed by atoms with van der Waals surface area (Å²) in [4.78, 5) is 13.9. The van der Waals surface area contributed by atoms with E-state index in [9.17, 15) is 4.79 Å².